The molecule has 1 aromatic carbocycles. The lowest BCUT2D eigenvalue weighted by Crippen LogP contribution is -2.49. The highest BCUT2D eigenvalue weighted by Gasteiger charge is 2.41. The third-order valence-corrected chi connectivity index (χ3v) is 6.10. The second-order valence-corrected chi connectivity index (χ2v) is 8.14. The van der Waals surface area contributed by atoms with Crippen LogP contribution >= 0.6 is 0 Å². The summed E-state index contributed by atoms with van der Waals surface area (Å²) in [5.41, 5.74) is 4.53. The highest BCUT2D eigenvalue weighted by atomic mass is 19.1. The van der Waals surface area contributed by atoms with Crippen molar-refractivity contribution in [3.63, 3.8) is 0 Å². The van der Waals surface area contributed by atoms with E-state index in [4.69, 9.17) is 5.21 Å². The van der Waals surface area contributed by atoms with Crippen LogP contribution in [0, 0.1) is 5.92 Å². The van der Waals surface area contributed by atoms with Crippen LogP contribution in [0.1, 0.15) is 56.6 Å². The number of benzene rings is 1. The second kappa shape index (κ2) is 10.0. The zero-order chi connectivity index (χ0) is 21.7. The number of hydroxylamine groups is 1. The third-order valence-electron chi connectivity index (χ3n) is 6.10. The summed E-state index contributed by atoms with van der Waals surface area (Å²) in [5.74, 6) is -3.30. The van der Waals surface area contributed by atoms with Gasteiger partial charge in [-0.25, -0.2) is 9.87 Å². The van der Waals surface area contributed by atoms with Crippen LogP contribution in [0.3, 0.4) is 0 Å². The van der Waals surface area contributed by atoms with Crippen molar-refractivity contribution in [2.24, 2.45) is 5.92 Å². The monoisotopic (exact) mass is 419 g/mol. The number of fused-ring (bicyclic) bond motifs is 1. The van der Waals surface area contributed by atoms with Crippen molar-refractivity contribution in [1.82, 2.24) is 10.4 Å². The molecule has 1 aliphatic carbocycles. The van der Waals surface area contributed by atoms with E-state index in [-0.39, 0.29) is 12.3 Å². The number of hydrogen-bond acceptors (Lipinski definition) is 4. The summed E-state index contributed by atoms with van der Waals surface area (Å²) in [7, 11) is 0. The summed E-state index contributed by atoms with van der Waals surface area (Å²) >= 11 is 0. The van der Waals surface area contributed by atoms with Crippen molar-refractivity contribution in [3.05, 3.63) is 29.3 Å². The molecule has 3 N–H and O–H groups in total. The SMILES string of the molecule is CCCCC(C(=O)N1CCCC1C(=O)Nc1ccc2c(c1)CCC2)C(F)C(=O)NO. The normalized spacial score (nSPS) is 19.8. The van der Waals surface area contributed by atoms with E-state index in [9.17, 15) is 18.8 Å². The number of likely N-dealkylation sites (tertiary alicyclic amines) is 1. The maximum Gasteiger partial charge on any atom is 0.278 e. The summed E-state index contributed by atoms with van der Waals surface area (Å²) in [4.78, 5) is 39.0. The first-order chi connectivity index (χ1) is 14.5. The van der Waals surface area contributed by atoms with Gasteiger partial charge in [-0.2, -0.15) is 0 Å². The number of amides is 3. The Labute approximate surface area is 176 Å². The molecule has 30 heavy (non-hydrogen) atoms. The van der Waals surface area contributed by atoms with Crippen LogP contribution in [0.25, 0.3) is 0 Å². The van der Waals surface area contributed by atoms with E-state index in [0.717, 1.165) is 25.7 Å². The lowest BCUT2D eigenvalue weighted by atomic mass is 9.94. The Kier molecular flexibility index (Phi) is 7.42. The fourth-order valence-electron chi connectivity index (χ4n) is 4.45. The molecule has 0 radical (unpaired) electrons. The number of rotatable bonds is 8. The number of nitrogens with zero attached hydrogens (tertiary/aromatic N) is 1. The first-order valence-corrected chi connectivity index (χ1v) is 10.8. The molecule has 0 aromatic heterocycles. The lowest BCUT2D eigenvalue weighted by Gasteiger charge is -2.29. The van der Waals surface area contributed by atoms with Crippen LogP contribution in [-0.2, 0) is 27.2 Å². The number of unbranched alkanes of at least 4 members (excludes halogenated alkanes) is 1. The van der Waals surface area contributed by atoms with Crippen LogP contribution in [0.4, 0.5) is 10.1 Å². The zero-order valence-corrected chi connectivity index (χ0v) is 17.3. The molecule has 0 spiro atoms. The summed E-state index contributed by atoms with van der Waals surface area (Å²) < 4.78 is 14.6. The molecule has 3 amide bonds. The molecule has 7 nitrogen and oxygen atoms in total. The molecule has 3 unspecified atom stereocenters. The number of anilines is 1. The van der Waals surface area contributed by atoms with Crippen molar-refractivity contribution in [1.29, 1.82) is 0 Å². The number of carbonyl (C=O) groups is 3. The first-order valence-electron chi connectivity index (χ1n) is 10.8. The van der Waals surface area contributed by atoms with Gasteiger partial charge in [-0.3, -0.25) is 19.6 Å². The van der Waals surface area contributed by atoms with Crippen LogP contribution in [-0.4, -0.2) is 46.6 Å². The van der Waals surface area contributed by atoms with Gasteiger partial charge in [0.1, 0.15) is 6.04 Å². The van der Waals surface area contributed by atoms with Crippen molar-refractivity contribution < 1.29 is 24.0 Å². The summed E-state index contributed by atoms with van der Waals surface area (Å²) in [6.07, 6.45) is 3.62. The van der Waals surface area contributed by atoms with E-state index in [2.05, 4.69) is 5.32 Å². The minimum absolute atomic E-state index is 0.180. The molecule has 0 saturated carbocycles. The molecule has 3 atom stereocenters. The molecule has 8 heteroatoms. The second-order valence-electron chi connectivity index (χ2n) is 8.14. The molecule has 2 aliphatic rings. The number of nitrogens with one attached hydrogen (secondary N) is 2. The fraction of sp³-hybridized carbons (Fsp3) is 0.591. The molecule has 164 valence electrons. The van der Waals surface area contributed by atoms with Gasteiger partial charge < -0.3 is 10.2 Å². The van der Waals surface area contributed by atoms with Crippen molar-refractivity contribution in [2.75, 3.05) is 11.9 Å². The molecule has 1 heterocycles. The number of carbonyl (C=O) groups excluding carboxylic acids is 3. The van der Waals surface area contributed by atoms with Crippen LogP contribution in [0.2, 0.25) is 0 Å². The predicted molar refractivity (Wildman–Crippen MR) is 110 cm³/mol. The molecule has 3 rings (SSSR count). The smallest absolute Gasteiger partial charge is 0.278 e. The Hall–Kier alpha value is -2.48. The molecular formula is C22H30FN3O4. The average molecular weight is 419 g/mol. The maximum absolute atomic E-state index is 14.6. The maximum atomic E-state index is 14.6. The number of halogens is 1. The lowest BCUT2D eigenvalue weighted by molar-refractivity contribution is -0.148. The molecule has 1 saturated heterocycles. The Balaban J connectivity index is 1.71. The summed E-state index contributed by atoms with van der Waals surface area (Å²) in [6, 6.07) is 5.18. The van der Waals surface area contributed by atoms with Gasteiger partial charge >= 0.3 is 0 Å². The van der Waals surface area contributed by atoms with E-state index in [1.165, 1.54) is 21.5 Å². The topological polar surface area (TPSA) is 98.7 Å². The molecule has 1 aliphatic heterocycles. The van der Waals surface area contributed by atoms with E-state index in [0.29, 0.717) is 31.5 Å². The Morgan fingerprint density at radius 3 is 2.73 bits per heavy atom. The van der Waals surface area contributed by atoms with Crippen LogP contribution in [0.15, 0.2) is 18.2 Å². The van der Waals surface area contributed by atoms with Gasteiger partial charge in [0, 0.05) is 12.2 Å². The average Bonchev–Trinajstić information content (AvgIpc) is 3.42. The van der Waals surface area contributed by atoms with Crippen molar-refractivity contribution in [2.45, 2.75) is 70.5 Å². The van der Waals surface area contributed by atoms with Crippen molar-refractivity contribution >= 4 is 23.4 Å². The fourth-order valence-corrected chi connectivity index (χ4v) is 4.45. The Morgan fingerprint density at radius 2 is 2.00 bits per heavy atom. The van der Waals surface area contributed by atoms with Gasteiger partial charge in [-0.15, -0.1) is 0 Å². The predicted octanol–water partition coefficient (Wildman–Crippen LogP) is 2.75. The zero-order valence-electron chi connectivity index (χ0n) is 17.3. The minimum Gasteiger partial charge on any atom is -0.330 e. The van der Waals surface area contributed by atoms with Gasteiger partial charge in [0.2, 0.25) is 11.8 Å². The van der Waals surface area contributed by atoms with Crippen LogP contribution < -0.4 is 10.8 Å². The Bertz CT molecular complexity index is 801. The Morgan fingerprint density at radius 1 is 1.23 bits per heavy atom. The minimum atomic E-state index is -2.16. The quantitative estimate of drug-likeness (QED) is 0.446. The van der Waals surface area contributed by atoms with Crippen LogP contribution in [0.5, 0.6) is 0 Å². The number of aryl methyl sites for hydroxylation is 2. The third kappa shape index (κ3) is 4.80. The number of alkyl halides is 1. The molecular weight excluding hydrogens is 389 g/mol. The van der Waals surface area contributed by atoms with Crippen molar-refractivity contribution in [3.8, 4) is 0 Å². The molecule has 1 aromatic rings. The van der Waals surface area contributed by atoms with Gasteiger partial charge in [-0.05, 0) is 61.8 Å². The highest BCUT2D eigenvalue weighted by molar-refractivity contribution is 5.98. The summed E-state index contributed by atoms with van der Waals surface area (Å²) in [6.45, 7) is 2.25. The summed E-state index contributed by atoms with van der Waals surface area (Å²) in [5, 5.41) is 11.7. The van der Waals surface area contributed by atoms with E-state index < -0.39 is 29.9 Å². The first kappa shape index (κ1) is 22.2. The van der Waals surface area contributed by atoms with E-state index in [1.54, 1.807) is 0 Å². The van der Waals surface area contributed by atoms with Gasteiger partial charge in [0.15, 0.2) is 6.17 Å². The standard InChI is InChI=1S/C22H30FN3O4/c1-2-3-8-17(19(23)21(28)25-30)22(29)26-12-5-9-18(26)20(27)24-16-11-10-14-6-4-7-15(14)13-16/h10-11,13,17-19,30H,2-9,12H2,1H3,(H,24,27)(H,25,28). The van der Waals surface area contributed by atoms with Gasteiger partial charge in [0.25, 0.3) is 5.91 Å². The number of hydrogen-bond donors (Lipinski definition) is 3. The van der Waals surface area contributed by atoms with Gasteiger partial charge in [-0.1, -0.05) is 25.8 Å². The van der Waals surface area contributed by atoms with E-state index >= 15 is 0 Å². The van der Waals surface area contributed by atoms with Gasteiger partial charge in [0.05, 0.1) is 5.92 Å². The highest BCUT2D eigenvalue weighted by Crippen LogP contribution is 2.28. The van der Waals surface area contributed by atoms with E-state index in [1.807, 2.05) is 25.1 Å². The molecule has 0 bridgehead atoms. The molecule has 1 fully saturated rings. The largest absolute Gasteiger partial charge is 0.330 e.